The molecule has 3 N–H and O–H groups in total. The summed E-state index contributed by atoms with van der Waals surface area (Å²) >= 11 is 0. The summed E-state index contributed by atoms with van der Waals surface area (Å²) in [5, 5.41) is 24.8. The van der Waals surface area contributed by atoms with E-state index in [-0.39, 0.29) is 35.8 Å². The van der Waals surface area contributed by atoms with Gasteiger partial charge in [0.1, 0.15) is 17.5 Å². The highest BCUT2D eigenvalue weighted by Gasteiger charge is 2.32. The smallest absolute Gasteiger partial charge is 0.393 e. The van der Waals surface area contributed by atoms with Crippen LogP contribution in [0.4, 0.5) is 24.9 Å². The molecule has 0 bridgehead atoms. The van der Waals surface area contributed by atoms with Crippen LogP contribution in [-0.4, -0.2) is 27.2 Å². The maximum absolute atomic E-state index is 13.1. The van der Waals surface area contributed by atoms with Crippen molar-refractivity contribution >= 4 is 11.8 Å². The van der Waals surface area contributed by atoms with Crippen molar-refractivity contribution in [1.29, 1.82) is 5.26 Å². The van der Waals surface area contributed by atoms with E-state index in [2.05, 4.69) is 20.6 Å². The Morgan fingerprint density at radius 1 is 1.18 bits per heavy atom. The molecule has 2 aromatic rings. The summed E-state index contributed by atoms with van der Waals surface area (Å²) in [7, 11) is 0. The van der Waals surface area contributed by atoms with Gasteiger partial charge in [0, 0.05) is 12.6 Å². The van der Waals surface area contributed by atoms with Gasteiger partial charge < -0.3 is 15.7 Å². The molecular weight excluding hydrogens is 371 g/mol. The largest absolute Gasteiger partial charge is 0.416 e. The number of aliphatic hydroxyl groups is 1. The molecule has 1 saturated carbocycles. The number of halogens is 3. The number of anilines is 2. The van der Waals surface area contributed by atoms with E-state index >= 15 is 0 Å². The van der Waals surface area contributed by atoms with Crippen molar-refractivity contribution in [3.63, 3.8) is 0 Å². The molecule has 6 nitrogen and oxygen atoms in total. The predicted octanol–water partition coefficient (Wildman–Crippen LogP) is 3.69. The SMILES string of the molecule is N#Cc1cnc(NCc2ccccc2C(F)(F)F)nc1N[C@H]1CC[C@@H](O)CC1. The van der Waals surface area contributed by atoms with Crippen molar-refractivity contribution in [2.45, 2.75) is 50.6 Å². The van der Waals surface area contributed by atoms with E-state index in [0.717, 1.165) is 18.9 Å². The van der Waals surface area contributed by atoms with Gasteiger partial charge in [-0.3, -0.25) is 0 Å². The topological polar surface area (TPSA) is 93.9 Å². The number of benzene rings is 1. The Morgan fingerprint density at radius 2 is 1.89 bits per heavy atom. The number of nitrogens with one attached hydrogen (secondary N) is 2. The zero-order chi connectivity index (χ0) is 20.1. The first-order chi connectivity index (χ1) is 13.4. The fourth-order valence-electron chi connectivity index (χ4n) is 3.20. The molecule has 0 radical (unpaired) electrons. The van der Waals surface area contributed by atoms with Crippen LogP contribution < -0.4 is 10.6 Å². The Hall–Kier alpha value is -2.86. The van der Waals surface area contributed by atoms with Crippen LogP contribution in [0.15, 0.2) is 30.5 Å². The van der Waals surface area contributed by atoms with Crippen LogP contribution in [0.5, 0.6) is 0 Å². The number of nitriles is 1. The van der Waals surface area contributed by atoms with Crippen LogP contribution in [0.3, 0.4) is 0 Å². The van der Waals surface area contributed by atoms with Gasteiger partial charge in [-0.25, -0.2) is 4.98 Å². The van der Waals surface area contributed by atoms with Gasteiger partial charge in [0.2, 0.25) is 5.95 Å². The third kappa shape index (κ3) is 4.89. The summed E-state index contributed by atoms with van der Waals surface area (Å²) in [6, 6.07) is 7.39. The Bertz CT molecular complexity index is 857. The third-order valence-corrected chi connectivity index (χ3v) is 4.71. The number of aromatic nitrogens is 2. The number of alkyl halides is 3. The maximum atomic E-state index is 13.1. The lowest BCUT2D eigenvalue weighted by atomic mass is 9.93. The molecule has 0 aliphatic heterocycles. The van der Waals surface area contributed by atoms with E-state index < -0.39 is 11.7 Å². The second-order valence-corrected chi connectivity index (χ2v) is 6.73. The molecule has 1 aromatic heterocycles. The average molecular weight is 391 g/mol. The molecule has 0 saturated heterocycles. The highest BCUT2D eigenvalue weighted by Crippen LogP contribution is 2.32. The number of hydrogen-bond donors (Lipinski definition) is 3. The number of aliphatic hydroxyl groups excluding tert-OH is 1. The van der Waals surface area contributed by atoms with Crippen LogP contribution in [0, 0.1) is 11.3 Å². The zero-order valence-corrected chi connectivity index (χ0v) is 15.0. The standard InChI is InChI=1S/C19H20F3N5O/c20-19(21,22)16-4-2-1-3-12(16)10-24-18-25-11-13(9-23)17(27-18)26-14-5-7-15(28)8-6-14/h1-4,11,14-15,28H,5-8,10H2,(H2,24,25,26,27)/t14-,15+. The van der Waals surface area contributed by atoms with Gasteiger partial charge in [0.05, 0.1) is 17.9 Å². The van der Waals surface area contributed by atoms with E-state index in [1.54, 1.807) is 0 Å². The summed E-state index contributed by atoms with van der Waals surface area (Å²) in [6.45, 7) is -0.101. The molecule has 1 heterocycles. The van der Waals surface area contributed by atoms with Crippen LogP contribution in [0.2, 0.25) is 0 Å². The summed E-state index contributed by atoms with van der Waals surface area (Å²) in [6.07, 6.45) is -0.568. The molecule has 3 rings (SSSR count). The van der Waals surface area contributed by atoms with Gasteiger partial charge in [-0.15, -0.1) is 0 Å². The number of nitrogens with zero attached hydrogens (tertiary/aromatic N) is 3. The number of hydrogen-bond acceptors (Lipinski definition) is 6. The van der Waals surface area contributed by atoms with E-state index in [0.29, 0.717) is 18.7 Å². The molecule has 0 atom stereocenters. The van der Waals surface area contributed by atoms with Crippen molar-refractivity contribution in [2.75, 3.05) is 10.6 Å². The molecule has 1 aliphatic rings. The average Bonchev–Trinajstić information content (AvgIpc) is 2.68. The molecule has 9 heteroatoms. The van der Waals surface area contributed by atoms with E-state index in [9.17, 15) is 23.5 Å². The van der Waals surface area contributed by atoms with Gasteiger partial charge in [-0.2, -0.15) is 23.4 Å². The lowest BCUT2D eigenvalue weighted by Gasteiger charge is -2.26. The first-order valence-corrected chi connectivity index (χ1v) is 8.97. The molecular formula is C19H20F3N5O. The first-order valence-electron chi connectivity index (χ1n) is 8.97. The summed E-state index contributed by atoms with van der Waals surface area (Å²) in [4.78, 5) is 8.28. The Kier molecular flexibility index (Phi) is 5.99. The van der Waals surface area contributed by atoms with E-state index in [1.165, 1.54) is 24.4 Å². The minimum atomic E-state index is -4.44. The van der Waals surface area contributed by atoms with Crippen LogP contribution >= 0.6 is 0 Å². The van der Waals surface area contributed by atoms with Crippen molar-refractivity contribution in [3.05, 3.63) is 47.2 Å². The van der Waals surface area contributed by atoms with Gasteiger partial charge in [-0.1, -0.05) is 18.2 Å². The van der Waals surface area contributed by atoms with Gasteiger partial charge in [-0.05, 0) is 37.3 Å². The molecule has 0 spiro atoms. The molecule has 1 aromatic carbocycles. The highest BCUT2D eigenvalue weighted by molar-refractivity contribution is 5.54. The van der Waals surface area contributed by atoms with Crippen molar-refractivity contribution in [2.24, 2.45) is 0 Å². The molecule has 1 aliphatic carbocycles. The van der Waals surface area contributed by atoms with Crippen molar-refractivity contribution < 1.29 is 18.3 Å². The molecule has 0 amide bonds. The minimum absolute atomic E-state index is 0.0733. The molecule has 28 heavy (non-hydrogen) atoms. The molecule has 1 fully saturated rings. The minimum Gasteiger partial charge on any atom is -0.393 e. The number of rotatable bonds is 5. The van der Waals surface area contributed by atoms with Crippen molar-refractivity contribution in [1.82, 2.24) is 9.97 Å². The Balaban J connectivity index is 1.73. The highest BCUT2D eigenvalue weighted by atomic mass is 19.4. The fourth-order valence-corrected chi connectivity index (χ4v) is 3.20. The lowest BCUT2D eigenvalue weighted by Crippen LogP contribution is -2.29. The predicted molar refractivity (Wildman–Crippen MR) is 97.4 cm³/mol. The van der Waals surface area contributed by atoms with Crippen LogP contribution in [0.25, 0.3) is 0 Å². The fraction of sp³-hybridized carbons (Fsp3) is 0.421. The van der Waals surface area contributed by atoms with Gasteiger partial charge in [0.25, 0.3) is 0 Å². The third-order valence-electron chi connectivity index (χ3n) is 4.71. The molecule has 0 unspecified atom stereocenters. The lowest BCUT2D eigenvalue weighted by molar-refractivity contribution is -0.138. The van der Waals surface area contributed by atoms with Crippen LogP contribution in [0.1, 0.15) is 42.4 Å². The van der Waals surface area contributed by atoms with Crippen LogP contribution in [-0.2, 0) is 12.7 Å². The second-order valence-electron chi connectivity index (χ2n) is 6.73. The van der Waals surface area contributed by atoms with Crippen molar-refractivity contribution in [3.8, 4) is 6.07 Å². The first kappa shape index (κ1) is 19.9. The zero-order valence-electron chi connectivity index (χ0n) is 15.0. The molecule has 148 valence electrons. The quantitative estimate of drug-likeness (QED) is 0.720. The summed E-state index contributed by atoms with van der Waals surface area (Å²) in [5.41, 5.74) is -0.374. The normalized spacial score (nSPS) is 19.7. The summed E-state index contributed by atoms with van der Waals surface area (Å²) < 4.78 is 39.3. The summed E-state index contributed by atoms with van der Waals surface area (Å²) in [5.74, 6) is 0.472. The second kappa shape index (κ2) is 8.44. The monoisotopic (exact) mass is 391 g/mol. The Morgan fingerprint density at radius 3 is 2.57 bits per heavy atom. The maximum Gasteiger partial charge on any atom is 0.416 e. The van der Waals surface area contributed by atoms with Gasteiger partial charge >= 0.3 is 6.18 Å². The van der Waals surface area contributed by atoms with E-state index in [1.807, 2.05) is 6.07 Å². The van der Waals surface area contributed by atoms with Gasteiger partial charge in [0.15, 0.2) is 0 Å². The Labute approximate surface area is 160 Å². The van der Waals surface area contributed by atoms with E-state index in [4.69, 9.17) is 0 Å².